The number of nitrogens with one attached hydrogen (secondary N) is 4. The highest BCUT2D eigenvalue weighted by Crippen LogP contribution is 2.43. The van der Waals surface area contributed by atoms with E-state index in [9.17, 15) is 29.4 Å². The number of benzene rings is 2. The number of aromatic nitrogens is 3. The zero-order valence-corrected chi connectivity index (χ0v) is 40.6. The van der Waals surface area contributed by atoms with Gasteiger partial charge in [0.25, 0.3) is 0 Å². The Morgan fingerprint density at radius 3 is 2.32 bits per heavy atom. The molecular formula is C52H66N10O9. The Labute approximate surface area is 414 Å². The van der Waals surface area contributed by atoms with E-state index in [1.54, 1.807) is 42.5 Å². The van der Waals surface area contributed by atoms with Gasteiger partial charge in [-0.05, 0) is 133 Å². The molecule has 5 aliphatic rings. The lowest BCUT2D eigenvalue weighted by molar-refractivity contribution is -0.162. The number of ether oxygens (including phenoxy) is 3. The topological polar surface area (TPSA) is 233 Å². The number of unbranched alkanes of at least 4 members (excludes halogenated alkanes) is 1. The maximum absolute atomic E-state index is 13.5. The average molecular weight is 975 g/mol. The molecule has 5 fully saturated rings. The Hall–Kier alpha value is -6.57. The summed E-state index contributed by atoms with van der Waals surface area (Å²) in [4.78, 5) is 63.5. The molecule has 2 aromatic heterocycles. The molecule has 71 heavy (non-hydrogen) atoms. The first-order valence-corrected chi connectivity index (χ1v) is 25.1. The van der Waals surface area contributed by atoms with Gasteiger partial charge in [-0.3, -0.25) is 19.7 Å². The Balaban J connectivity index is 0.821. The molecule has 6 N–H and O–H groups in total. The molecule has 5 heterocycles. The second-order valence-corrected chi connectivity index (χ2v) is 19.9. The summed E-state index contributed by atoms with van der Waals surface area (Å²) >= 11 is 0. The third-order valence-electron chi connectivity index (χ3n) is 14.6. The summed E-state index contributed by atoms with van der Waals surface area (Å²) in [6.07, 6.45) is 10.4. The lowest BCUT2D eigenvalue weighted by Gasteiger charge is -2.43. The molecule has 378 valence electrons. The number of fused-ring (bicyclic) bond motifs is 2. The van der Waals surface area contributed by atoms with Crippen LogP contribution in [0.15, 0.2) is 72.9 Å². The lowest BCUT2D eigenvalue weighted by atomic mass is 9.68. The number of pyridine rings is 1. The summed E-state index contributed by atoms with van der Waals surface area (Å²) in [6, 6.07) is 19.0. The zero-order chi connectivity index (χ0) is 49.5. The molecule has 19 heteroatoms. The zero-order valence-electron chi connectivity index (χ0n) is 40.6. The molecule has 2 bridgehead atoms. The highest BCUT2D eigenvalue weighted by molar-refractivity contribution is 6.05. The van der Waals surface area contributed by atoms with Crippen LogP contribution in [0.2, 0.25) is 0 Å². The van der Waals surface area contributed by atoms with Gasteiger partial charge in [0.05, 0.1) is 23.6 Å². The summed E-state index contributed by atoms with van der Waals surface area (Å²) in [7, 11) is 3.92. The predicted molar refractivity (Wildman–Crippen MR) is 266 cm³/mol. The minimum Gasteiger partial charge on any atom is -0.507 e. The number of aromatic hydroxyl groups is 1. The van der Waals surface area contributed by atoms with Crippen molar-refractivity contribution in [3.05, 3.63) is 78.5 Å². The fourth-order valence-electron chi connectivity index (χ4n) is 10.4. The Kier molecular flexibility index (Phi) is 15.5. The predicted octanol–water partition coefficient (Wildman–Crippen LogP) is 5.94. The van der Waals surface area contributed by atoms with Gasteiger partial charge in [-0.15, -0.1) is 10.2 Å². The molecule has 0 radical (unpaired) electrons. The SMILES string of the molecule is CN(C)CCCC[C@H](NC(=O)C1(C(=O)O)CCC1)C(=O)Nc1ccc(COC(=O)Nc2nnc(-c3ccccc3O)cc2N2C[C@H]3CC[C@H](C2)N3c2ccnc(OC3CC(OC4CCNCC4)C3)c2)cc1. The van der Waals surface area contributed by atoms with Crippen molar-refractivity contribution < 1.29 is 43.6 Å². The quantitative estimate of drug-likeness (QED) is 0.0445. The van der Waals surface area contributed by atoms with Crippen LogP contribution in [-0.4, -0.2) is 137 Å². The molecule has 3 aliphatic heterocycles. The Morgan fingerprint density at radius 1 is 0.887 bits per heavy atom. The highest BCUT2D eigenvalue weighted by atomic mass is 16.5. The Morgan fingerprint density at radius 2 is 1.63 bits per heavy atom. The van der Waals surface area contributed by atoms with Crippen molar-refractivity contribution >= 4 is 46.8 Å². The molecule has 2 aliphatic carbocycles. The van der Waals surface area contributed by atoms with Crippen molar-refractivity contribution in [1.29, 1.82) is 0 Å². The smallest absolute Gasteiger partial charge is 0.413 e. The number of carboxylic acid groups (broad SMARTS) is 1. The molecular weight excluding hydrogens is 909 g/mol. The number of carboxylic acids is 1. The standard InChI is InChI=1S/C52H66N10O9/c1-60(2)25-6-5-9-42(56-49(65)52(50(66)67)20-7-21-52)48(64)55-34-13-11-33(12-14-34)32-69-51(68)57-47-44(29-43(58-59-47)41-8-3-4-10-45(41)63)61-30-36-15-16-37(31-61)62(36)35-17-24-54-46(26-35)71-40-27-39(28-40)70-38-18-22-53-23-19-38/h3-4,8,10-14,17,24,26,29,36-40,42,53,63H,5-7,9,15-16,18-23,25,27-28,30-32H2,1-2H3,(H,55,64)(H,56,65)(H,66,67)(H,57,59,68)/t36-,37-,39?,40?,42+/m1/s1. The number of amides is 3. The van der Waals surface area contributed by atoms with Gasteiger partial charge >= 0.3 is 12.1 Å². The Bertz CT molecular complexity index is 2500. The molecule has 3 amide bonds. The first-order chi connectivity index (χ1) is 34.4. The summed E-state index contributed by atoms with van der Waals surface area (Å²) in [5, 5.41) is 41.3. The fraction of sp³-hybridized carbons (Fsp3) is 0.519. The number of rotatable bonds is 20. The highest BCUT2D eigenvalue weighted by Gasteiger charge is 2.52. The largest absolute Gasteiger partial charge is 0.507 e. The number of phenolic OH excluding ortho intramolecular Hbond substituents is 1. The van der Waals surface area contributed by atoms with E-state index in [0.717, 1.165) is 70.3 Å². The van der Waals surface area contributed by atoms with E-state index in [1.807, 2.05) is 49.5 Å². The summed E-state index contributed by atoms with van der Waals surface area (Å²) in [6.45, 7) is 4.01. The van der Waals surface area contributed by atoms with E-state index >= 15 is 0 Å². The second kappa shape index (κ2) is 22.2. The average Bonchev–Trinajstić information content (AvgIpc) is 3.60. The van der Waals surface area contributed by atoms with Crippen molar-refractivity contribution in [2.75, 3.05) is 67.3 Å². The molecule has 3 atom stereocenters. The number of carbonyl (C=O) groups is 4. The first-order valence-electron chi connectivity index (χ1n) is 25.1. The number of hydrogen-bond donors (Lipinski definition) is 6. The van der Waals surface area contributed by atoms with Crippen molar-refractivity contribution in [1.82, 2.24) is 30.7 Å². The van der Waals surface area contributed by atoms with E-state index in [0.29, 0.717) is 72.5 Å². The van der Waals surface area contributed by atoms with Gasteiger partial charge in [-0.1, -0.05) is 30.7 Å². The van der Waals surface area contributed by atoms with Crippen LogP contribution in [0.1, 0.15) is 82.6 Å². The van der Waals surface area contributed by atoms with Crippen LogP contribution in [0.4, 0.5) is 27.7 Å². The maximum atomic E-state index is 13.5. The number of hydrogen-bond acceptors (Lipinski definition) is 15. The van der Waals surface area contributed by atoms with Crippen LogP contribution in [0.5, 0.6) is 11.6 Å². The van der Waals surface area contributed by atoms with Gasteiger partial charge in [0.15, 0.2) is 5.82 Å². The summed E-state index contributed by atoms with van der Waals surface area (Å²) < 4.78 is 18.3. The molecule has 2 saturated carbocycles. The van der Waals surface area contributed by atoms with Crippen LogP contribution >= 0.6 is 0 Å². The normalized spacial score (nSPS) is 21.9. The molecule has 3 saturated heterocycles. The number of anilines is 4. The third kappa shape index (κ3) is 11.8. The summed E-state index contributed by atoms with van der Waals surface area (Å²) in [5.74, 6) is -1.36. The number of para-hydroxylation sites is 1. The minimum absolute atomic E-state index is 0.0607. The van der Waals surface area contributed by atoms with Crippen molar-refractivity contribution in [3.63, 3.8) is 0 Å². The van der Waals surface area contributed by atoms with Gasteiger partial charge < -0.3 is 55.1 Å². The van der Waals surface area contributed by atoms with Crippen LogP contribution in [0.3, 0.4) is 0 Å². The molecule has 9 rings (SSSR count). The lowest BCUT2D eigenvalue weighted by Crippen LogP contribution is -2.55. The van der Waals surface area contributed by atoms with Crippen LogP contribution in [0, 0.1) is 5.41 Å². The van der Waals surface area contributed by atoms with Gasteiger partial charge in [0.2, 0.25) is 17.7 Å². The number of phenols is 1. The summed E-state index contributed by atoms with van der Waals surface area (Å²) in [5.41, 5.74) is 2.28. The first kappa shape index (κ1) is 49.4. The molecule has 0 unspecified atom stereocenters. The van der Waals surface area contributed by atoms with E-state index < -0.39 is 35.3 Å². The van der Waals surface area contributed by atoms with Crippen molar-refractivity contribution in [2.45, 2.75) is 120 Å². The minimum atomic E-state index is -1.50. The van der Waals surface area contributed by atoms with Crippen LogP contribution < -0.4 is 35.8 Å². The monoisotopic (exact) mass is 975 g/mol. The van der Waals surface area contributed by atoms with Crippen molar-refractivity contribution in [3.8, 4) is 22.9 Å². The molecule has 4 aromatic rings. The number of nitrogens with zero attached hydrogens (tertiary/aromatic N) is 6. The van der Waals surface area contributed by atoms with E-state index in [2.05, 4.69) is 46.2 Å². The van der Waals surface area contributed by atoms with E-state index in [-0.39, 0.29) is 55.3 Å². The number of piperazine rings is 1. The van der Waals surface area contributed by atoms with Crippen LogP contribution in [0.25, 0.3) is 11.3 Å². The van der Waals surface area contributed by atoms with Crippen molar-refractivity contribution in [2.24, 2.45) is 5.41 Å². The second-order valence-electron chi connectivity index (χ2n) is 19.9. The van der Waals surface area contributed by atoms with Gasteiger partial charge in [0, 0.05) is 67.2 Å². The molecule has 19 nitrogen and oxygen atoms in total. The van der Waals surface area contributed by atoms with E-state index in [1.165, 1.54) is 0 Å². The number of piperidine rings is 1. The number of aliphatic carboxylic acids is 1. The number of carbonyl (C=O) groups excluding carboxylic acids is 3. The maximum Gasteiger partial charge on any atom is 0.413 e. The van der Waals surface area contributed by atoms with Gasteiger partial charge in [-0.2, -0.15) is 0 Å². The van der Waals surface area contributed by atoms with Gasteiger partial charge in [-0.25, -0.2) is 9.78 Å². The third-order valence-corrected chi connectivity index (χ3v) is 14.6. The van der Waals surface area contributed by atoms with Gasteiger partial charge in [0.1, 0.15) is 29.9 Å². The fourth-order valence-corrected chi connectivity index (χ4v) is 10.4. The van der Waals surface area contributed by atoms with E-state index in [4.69, 9.17) is 14.2 Å². The van der Waals surface area contributed by atoms with Crippen LogP contribution in [-0.2, 0) is 30.5 Å². The molecule has 0 spiro atoms. The molecule has 2 aromatic carbocycles.